The molecule has 0 radical (unpaired) electrons. The molecule has 0 saturated heterocycles. The fourth-order valence-corrected chi connectivity index (χ4v) is 1.93. The molecule has 1 heterocycles. The molecular formula is C12H19N. The predicted octanol–water partition coefficient (Wildman–Crippen LogP) is 3.62. The van der Waals surface area contributed by atoms with Crippen LogP contribution < -0.4 is 0 Å². The second kappa shape index (κ2) is 3.91. The summed E-state index contributed by atoms with van der Waals surface area (Å²) in [5, 5.41) is 0. The van der Waals surface area contributed by atoms with E-state index in [0.717, 1.165) is 0 Å². The molecule has 0 aromatic carbocycles. The van der Waals surface area contributed by atoms with E-state index >= 15 is 0 Å². The number of hydrogen-bond donors (Lipinski definition) is 0. The average Bonchev–Trinajstić information content (AvgIpc) is 2.05. The van der Waals surface area contributed by atoms with Crippen LogP contribution >= 0.6 is 0 Å². The highest BCUT2D eigenvalue weighted by Gasteiger charge is 2.24. The maximum atomic E-state index is 4.17. The molecule has 0 bridgehead atoms. The van der Waals surface area contributed by atoms with Gasteiger partial charge in [0.15, 0.2) is 0 Å². The summed E-state index contributed by atoms with van der Waals surface area (Å²) >= 11 is 0. The maximum absolute atomic E-state index is 4.17. The van der Waals surface area contributed by atoms with Crippen molar-refractivity contribution < 1.29 is 0 Å². The molecule has 1 aromatic rings. The molecule has 0 aliphatic carbocycles. The molecule has 0 aliphatic heterocycles. The second-order valence-corrected chi connectivity index (χ2v) is 4.61. The predicted molar refractivity (Wildman–Crippen MR) is 56.7 cm³/mol. The monoisotopic (exact) mass is 177 g/mol. The van der Waals surface area contributed by atoms with Crippen molar-refractivity contribution in [2.75, 3.05) is 0 Å². The topological polar surface area (TPSA) is 12.9 Å². The van der Waals surface area contributed by atoms with Gasteiger partial charge in [-0.25, -0.2) is 0 Å². The third-order valence-electron chi connectivity index (χ3n) is 2.54. The van der Waals surface area contributed by atoms with E-state index in [1.807, 2.05) is 18.5 Å². The number of rotatable bonds is 2. The van der Waals surface area contributed by atoms with Gasteiger partial charge in [-0.05, 0) is 29.4 Å². The zero-order chi connectivity index (χ0) is 9.90. The molecule has 0 spiro atoms. The summed E-state index contributed by atoms with van der Waals surface area (Å²) < 4.78 is 0. The lowest BCUT2D eigenvalue weighted by Gasteiger charge is -2.29. The molecule has 0 N–H and O–H groups in total. The molecule has 1 atom stereocenters. The molecule has 1 nitrogen and oxygen atoms in total. The quantitative estimate of drug-likeness (QED) is 0.672. The van der Waals surface area contributed by atoms with E-state index in [-0.39, 0.29) is 0 Å². The first kappa shape index (κ1) is 10.2. The summed E-state index contributed by atoms with van der Waals surface area (Å²) in [6.45, 7) is 9.10. The van der Waals surface area contributed by atoms with Gasteiger partial charge in [-0.1, -0.05) is 33.8 Å². The summed E-state index contributed by atoms with van der Waals surface area (Å²) in [7, 11) is 0. The van der Waals surface area contributed by atoms with Gasteiger partial charge < -0.3 is 0 Å². The highest BCUT2D eigenvalue weighted by molar-refractivity contribution is 5.16. The van der Waals surface area contributed by atoms with Crippen LogP contribution in [0.25, 0.3) is 0 Å². The van der Waals surface area contributed by atoms with Gasteiger partial charge in [0.2, 0.25) is 0 Å². The summed E-state index contributed by atoms with van der Waals surface area (Å²) in [6.07, 6.45) is 4.99. The smallest absolute Gasteiger partial charge is 0.0302 e. The van der Waals surface area contributed by atoms with Crippen molar-refractivity contribution in [2.45, 2.75) is 40.0 Å². The van der Waals surface area contributed by atoms with Crippen LogP contribution in [0.1, 0.15) is 45.6 Å². The second-order valence-electron chi connectivity index (χ2n) is 4.61. The summed E-state index contributed by atoms with van der Waals surface area (Å²) in [5.74, 6) is 0.612. The molecule has 0 aliphatic rings. The van der Waals surface area contributed by atoms with Crippen molar-refractivity contribution in [1.29, 1.82) is 0 Å². The Morgan fingerprint density at radius 2 is 2.08 bits per heavy atom. The Bertz CT molecular complexity index is 246. The largest absolute Gasteiger partial charge is 0.264 e. The van der Waals surface area contributed by atoms with E-state index in [0.29, 0.717) is 11.3 Å². The average molecular weight is 177 g/mol. The van der Waals surface area contributed by atoms with Gasteiger partial charge in [-0.2, -0.15) is 0 Å². The molecule has 0 saturated carbocycles. The van der Waals surface area contributed by atoms with Gasteiger partial charge in [0, 0.05) is 12.4 Å². The van der Waals surface area contributed by atoms with Crippen molar-refractivity contribution >= 4 is 0 Å². The minimum Gasteiger partial charge on any atom is -0.264 e. The van der Waals surface area contributed by atoms with Gasteiger partial charge in [-0.15, -0.1) is 0 Å². The van der Waals surface area contributed by atoms with Crippen LogP contribution in [0.15, 0.2) is 24.5 Å². The highest BCUT2D eigenvalue weighted by atomic mass is 14.6. The minimum absolute atomic E-state index is 0.331. The van der Waals surface area contributed by atoms with E-state index in [1.54, 1.807) is 0 Å². The summed E-state index contributed by atoms with van der Waals surface area (Å²) in [6, 6.07) is 4.19. The van der Waals surface area contributed by atoms with E-state index < -0.39 is 0 Å². The van der Waals surface area contributed by atoms with Crippen LogP contribution in [0.4, 0.5) is 0 Å². The lowest BCUT2D eigenvalue weighted by atomic mass is 9.75. The molecule has 1 rings (SSSR count). The highest BCUT2D eigenvalue weighted by Crippen LogP contribution is 2.36. The van der Waals surface area contributed by atoms with E-state index in [4.69, 9.17) is 0 Å². The summed E-state index contributed by atoms with van der Waals surface area (Å²) in [5.41, 5.74) is 1.69. The Hall–Kier alpha value is -0.850. The van der Waals surface area contributed by atoms with Crippen LogP contribution in [0, 0.1) is 5.41 Å². The Morgan fingerprint density at radius 1 is 1.38 bits per heavy atom. The zero-order valence-corrected chi connectivity index (χ0v) is 9.04. The fraction of sp³-hybridized carbons (Fsp3) is 0.583. The van der Waals surface area contributed by atoms with Crippen molar-refractivity contribution in [1.82, 2.24) is 4.98 Å². The standard InChI is InChI=1S/C12H19N/c1-5-11(12(2,3)4)10-7-6-8-13-9-10/h6-9,11H,5H2,1-4H3. The zero-order valence-electron chi connectivity index (χ0n) is 9.04. The maximum Gasteiger partial charge on any atom is 0.0302 e. The van der Waals surface area contributed by atoms with Gasteiger partial charge in [0.05, 0.1) is 0 Å². The van der Waals surface area contributed by atoms with Crippen molar-refractivity contribution in [3.05, 3.63) is 30.1 Å². The van der Waals surface area contributed by atoms with Crippen molar-refractivity contribution in [3.63, 3.8) is 0 Å². The molecule has 1 unspecified atom stereocenters. The lowest BCUT2D eigenvalue weighted by Crippen LogP contribution is -2.17. The molecule has 13 heavy (non-hydrogen) atoms. The van der Waals surface area contributed by atoms with E-state index in [2.05, 4.69) is 38.7 Å². The van der Waals surface area contributed by atoms with Crippen LogP contribution in [0.5, 0.6) is 0 Å². The molecule has 1 aromatic heterocycles. The van der Waals surface area contributed by atoms with Crippen LogP contribution in [-0.2, 0) is 0 Å². The fourth-order valence-electron chi connectivity index (χ4n) is 1.93. The van der Waals surface area contributed by atoms with E-state index in [1.165, 1.54) is 12.0 Å². The molecule has 0 amide bonds. The van der Waals surface area contributed by atoms with Crippen LogP contribution in [0.2, 0.25) is 0 Å². The first-order valence-electron chi connectivity index (χ1n) is 4.95. The van der Waals surface area contributed by atoms with Gasteiger partial charge in [-0.3, -0.25) is 4.98 Å². The lowest BCUT2D eigenvalue weighted by molar-refractivity contribution is 0.312. The molecule has 72 valence electrons. The van der Waals surface area contributed by atoms with Crippen LogP contribution in [-0.4, -0.2) is 4.98 Å². The first-order chi connectivity index (χ1) is 6.05. The molecule has 0 fully saturated rings. The Morgan fingerprint density at radius 3 is 2.46 bits per heavy atom. The number of pyridine rings is 1. The van der Waals surface area contributed by atoms with E-state index in [9.17, 15) is 0 Å². The molecular weight excluding hydrogens is 158 g/mol. The number of aromatic nitrogens is 1. The van der Waals surface area contributed by atoms with Gasteiger partial charge in [0.1, 0.15) is 0 Å². The SMILES string of the molecule is CCC(c1cccnc1)C(C)(C)C. The number of hydrogen-bond acceptors (Lipinski definition) is 1. The molecule has 1 heteroatoms. The minimum atomic E-state index is 0.331. The Labute approximate surface area is 81.2 Å². The first-order valence-corrected chi connectivity index (χ1v) is 4.95. The Kier molecular flexibility index (Phi) is 3.07. The normalized spacial score (nSPS) is 14.2. The summed E-state index contributed by atoms with van der Waals surface area (Å²) in [4.78, 5) is 4.17. The van der Waals surface area contributed by atoms with Gasteiger partial charge in [0.25, 0.3) is 0 Å². The third kappa shape index (κ3) is 2.55. The third-order valence-corrected chi connectivity index (χ3v) is 2.54. The van der Waals surface area contributed by atoms with Gasteiger partial charge >= 0.3 is 0 Å². The number of nitrogens with zero attached hydrogens (tertiary/aromatic N) is 1. The van der Waals surface area contributed by atoms with Crippen LogP contribution in [0.3, 0.4) is 0 Å². The Balaban J connectivity index is 2.92. The van der Waals surface area contributed by atoms with Crippen molar-refractivity contribution in [3.8, 4) is 0 Å². The van der Waals surface area contributed by atoms with Crippen molar-refractivity contribution in [2.24, 2.45) is 5.41 Å².